The summed E-state index contributed by atoms with van der Waals surface area (Å²) in [6, 6.07) is 13.1. The molecule has 2 aromatic rings. The number of ether oxygens (including phenoxy) is 2. The SMILES string of the molecule is COc1ccc(C2=C(C)C(=O)N(Cc3ccc(C(=O)NCC4CCCO4)cc3)S2(=O)=O)cc1. The summed E-state index contributed by atoms with van der Waals surface area (Å²) in [7, 11) is -2.49. The van der Waals surface area contributed by atoms with Crippen molar-refractivity contribution in [2.24, 2.45) is 0 Å². The lowest BCUT2D eigenvalue weighted by Gasteiger charge is -2.17. The number of rotatable bonds is 7. The number of carbonyl (C=O) groups is 2. The van der Waals surface area contributed by atoms with Crippen LogP contribution in [0.5, 0.6) is 5.75 Å². The number of hydrogen-bond donors (Lipinski definition) is 1. The van der Waals surface area contributed by atoms with Crippen LogP contribution in [0.4, 0.5) is 0 Å². The van der Waals surface area contributed by atoms with Crippen LogP contribution in [0.25, 0.3) is 4.91 Å². The van der Waals surface area contributed by atoms with Crippen LogP contribution in [0.3, 0.4) is 0 Å². The first-order valence-electron chi connectivity index (χ1n) is 10.7. The molecule has 0 aliphatic carbocycles. The first-order chi connectivity index (χ1) is 15.8. The summed E-state index contributed by atoms with van der Waals surface area (Å²) in [6.45, 7) is 2.58. The summed E-state index contributed by atoms with van der Waals surface area (Å²) in [5.41, 5.74) is 1.67. The van der Waals surface area contributed by atoms with Crippen molar-refractivity contribution in [1.29, 1.82) is 0 Å². The topological polar surface area (TPSA) is 102 Å². The number of nitrogens with one attached hydrogen (secondary N) is 1. The molecule has 2 heterocycles. The lowest BCUT2D eigenvalue weighted by atomic mass is 10.1. The number of carbonyl (C=O) groups excluding carboxylic acids is 2. The van der Waals surface area contributed by atoms with Crippen LogP contribution >= 0.6 is 0 Å². The maximum Gasteiger partial charge on any atom is 0.268 e. The summed E-state index contributed by atoms with van der Waals surface area (Å²) < 4.78 is 37.9. The van der Waals surface area contributed by atoms with Crippen molar-refractivity contribution < 1.29 is 27.5 Å². The minimum Gasteiger partial charge on any atom is -0.497 e. The molecule has 2 aliphatic heterocycles. The molecule has 174 valence electrons. The highest BCUT2D eigenvalue weighted by atomic mass is 32.2. The first-order valence-corrected chi connectivity index (χ1v) is 12.2. The van der Waals surface area contributed by atoms with Gasteiger partial charge in [0.15, 0.2) is 0 Å². The third-order valence-corrected chi connectivity index (χ3v) is 7.78. The molecule has 1 fully saturated rings. The Balaban J connectivity index is 1.46. The van der Waals surface area contributed by atoms with Gasteiger partial charge in [0.2, 0.25) is 0 Å². The smallest absolute Gasteiger partial charge is 0.268 e. The Kier molecular flexibility index (Phi) is 6.53. The van der Waals surface area contributed by atoms with Crippen LogP contribution in [-0.4, -0.2) is 50.9 Å². The van der Waals surface area contributed by atoms with Crippen molar-refractivity contribution in [3.63, 3.8) is 0 Å². The van der Waals surface area contributed by atoms with Crippen molar-refractivity contribution in [2.45, 2.75) is 32.4 Å². The van der Waals surface area contributed by atoms with E-state index in [9.17, 15) is 18.0 Å². The van der Waals surface area contributed by atoms with Crippen molar-refractivity contribution >= 4 is 26.7 Å². The number of methoxy groups -OCH3 is 1. The molecule has 0 saturated carbocycles. The number of sulfonamides is 1. The van der Waals surface area contributed by atoms with E-state index in [1.165, 1.54) is 14.0 Å². The molecule has 0 radical (unpaired) electrons. The van der Waals surface area contributed by atoms with Gasteiger partial charge in [0.1, 0.15) is 10.7 Å². The molecule has 1 atom stereocenters. The summed E-state index contributed by atoms with van der Waals surface area (Å²) >= 11 is 0. The van der Waals surface area contributed by atoms with Crippen molar-refractivity contribution in [3.05, 3.63) is 70.8 Å². The van der Waals surface area contributed by atoms with Crippen LogP contribution in [0.2, 0.25) is 0 Å². The Labute approximate surface area is 193 Å². The van der Waals surface area contributed by atoms with Gasteiger partial charge >= 0.3 is 0 Å². The van der Waals surface area contributed by atoms with E-state index in [4.69, 9.17) is 9.47 Å². The van der Waals surface area contributed by atoms with E-state index in [-0.39, 0.29) is 29.0 Å². The van der Waals surface area contributed by atoms with Crippen molar-refractivity contribution in [1.82, 2.24) is 9.62 Å². The Morgan fingerprint density at radius 1 is 1.15 bits per heavy atom. The van der Waals surface area contributed by atoms with Crippen LogP contribution in [0.15, 0.2) is 54.1 Å². The van der Waals surface area contributed by atoms with Gasteiger partial charge in [-0.05, 0) is 67.3 Å². The minimum atomic E-state index is -4.01. The van der Waals surface area contributed by atoms with E-state index in [0.29, 0.717) is 29.0 Å². The molecule has 8 nitrogen and oxygen atoms in total. The van der Waals surface area contributed by atoms with E-state index < -0.39 is 15.9 Å². The molecule has 4 rings (SSSR count). The number of hydrogen-bond acceptors (Lipinski definition) is 6. The fraction of sp³-hybridized carbons (Fsp3) is 0.333. The lowest BCUT2D eigenvalue weighted by molar-refractivity contribution is -0.122. The van der Waals surface area contributed by atoms with Crippen LogP contribution in [-0.2, 0) is 26.1 Å². The zero-order valence-corrected chi connectivity index (χ0v) is 19.4. The Morgan fingerprint density at radius 2 is 1.85 bits per heavy atom. The Bertz CT molecular complexity index is 1180. The average molecular weight is 471 g/mol. The molecule has 33 heavy (non-hydrogen) atoms. The average Bonchev–Trinajstić information content (AvgIpc) is 3.39. The normalized spacial score (nSPS) is 19.8. The van der Waals surface area contributed by atoms with Crippen molar-refractivity contribution in [2.75, 3.05) is 20.3 Å². The molecular weight excluding hydrogens is 444 g/mol. The van der Waals surface area contributed by atoms with Gasteiger partial charge in [0.25, 0.3) is 21.8 Å². The predicted octanol–water partition coefficient (Wildman–Crippen LogP) is 2.71. The summed E-state index contributed by atoms with van der Waals surface area (Å²) in [5.74, 6) is -0.184. The summed E-state index contributed by atoms with van der Waals surface area (Å²) in [5, 5.41) is 2.85. The fourth-order valence-electron chi connectivity index (χ4n) is 4.00. The van der Waals surface area contributed by atoms with Gasteiger partial charge in [0, 0.05) is 24.3 Å². The molecule has 1 unspecified atom stereocenters. The predicted molar refractivity (Wildman–Crippen MR) is 123 cm³/mol. The first kappa shape index (κ1) is 23.0. The fourth-order valence-corrected chi connectivity index (χ4v) is 5.81. The van der Waals surface area contributed by atoms with Gasteiger partial charge < -0.3 is 14.8 Å². The van der Waals surface area contributed by atoms with E-state index in [1.807, 2.05) is 0 Å². The zero-order chi connectivity index (χ0) is 23.6. The molecule has 0 bridgehead atoms. The quantitative estimate of drug-likeness (QED) is 0.668. The molecule has 2 amide bonds. The molecule has 1 saturated heterocycles. The van der Waals surface area contributed by atoms with Gasteiger partial charge in [-0.1, -0.05) is 12.1 Å². The van der Waals surface area contributed by atoms with Gasteiger partial charge in [-0.25, -0.2) is 12.7 Å². The monoisotopic (exact) mass is 470 g/mol. The Hall–Kier alpha value is -3.17. The molecule has 1 N–H and O–H groups in total. The highest BCUT2D eigenvalue weighted by molar-refractivity contribution is 7.99. The van der Waals surface area contributed by atoms with Gasteiger partial charge in [-0.2, -0.15) is 0 Å². The van der Waals surface area contributed by atoms with Crippen LogP contribution in [0, 0.1) is 0 Å². The summed E-state index contributed by atoms with van der Waals surface area (Å²) in [4.78, 5) is 25.2. The molecule has 0 spiro atoms. The lowest BCUT2D eigenvalue weighted by Crippen LogP contribution is -2.32. The third-order valence-electron chi connectivity index (χ3n) is 5.84. The molecule has 9 heteroatoms. The maximum atomic E-state index is 13.2. The van der Waals surface area contributed by atoms with Crippen LogP contribution < -0.4 is 10.1 Å². The van der Waals surface area contributed by atoms with E-state index in [2.05, 4.69) is 5.32 Å². The second kappa shape index (κ2) is 9.36. The molecule has 2 aliphatic rings. The second-order valence-electron chi connectivity index (χ2n) is 8.04. The van der Waals surface area contributed by atoms with E-state index in [0.717, 1.165) is 23.8 Å². The van der Waals surface area contributed by atoms with Gasteiger partial charge in [-0.3, -0.25) is 9.59 Å². The zero-order valence-electron chi connectivity index (χ0n) is 18.5. The van der Waals surface area contributed by atoms with Gasteiger partial charge in [-0.15, -0.1) is 0 Å². The van der Waals surface area contributed by atoms with E-state index >= 15 is 0 Å². The Morgan fingerprint density at radius 3 is 2.45 bits per heavy atom. The number of amides is 2. The largest absolute Gasteiger partial charge is 0.497 e. The van der Waals surface area contributed by atoms with Crippen molar-refractivity contribution in [3.8, 4) is 5.75 Å². The standard InChI is InChI=1S/C24H26N2O6S/c1-16-22(18-9-11-20(31-2)12-10-18)33(29,30)26(24(16)28)15-17-5-7-19(8-6-17)23(27)25-14-21-4-3-13-32-21/h5-12,21H,3-4,13-15H2,1-2H3,(H,25,27). The van der Waals surface area contributed by atoms with E-state index in [1.54, 1.807) is 48.5 Å². The highest BCUT2D eigenvalue weighted by Gasteiger charge is 2.42. The molecule has 0 aromatic heterocycles. The maximum absolute atomic E-state index is 13.2. The third kappa shape index (κ3) is 4.65. The number of benzene rings is 2. The highest BCUT2D eigenvalue weighted by Crippen LogP contribution is 2.37. The minimum absolute atomic E-state index is 0.000262. The van der Waals surface area contributed by atoms with Crippen LogP contribution in [0.1, 0.15) is 41.3 Å². The number of nitrogens with zero attached hydrogens (tertiary/aromatic N) is 1. The second-order valence-corrected chi connectivity index (χ2v) is 9.84. The molecule has 2 aromatic carbocycles. The summed E-state index contributed by atoms with van der Waals surface area (Å²) in [6.07, 6.45) is 1.99. The van der Waals surface area contributed by atoms with Gasteiger partial charge in [0.05, 0.1) is 19.8 Å². The molecular formula is C24H26N2O6S.